The molecule has 1 unspecified atom stereocenters. The lowest BCUT2D eigenvalue weighted by molar-refractivity contribution is 0.532. The van der Waals surface area contributed by atoms with Gasteiger partial charge in [-0.25, -0.2) is 0 Å². The normalized spacial score (nSPS) is 17.3. The number of hydrogen-bond donors (Lipinski definition) is 1. The van der Waals surface area contributed by atoms with Crippen molar-refractivity contribution in [3.05, 3.63) is 53.3 Å². The van der Waals surface area contributed by atoms with Crippen LogP contribution in [0.5, 0.6) is 0 Å². The summed E-state index contributed by atoms with van der Waals surface area (Å²) in [6.07, 6.45) is 4.14. The molecule has 2 aromatic rings. The lowest BCUT2D eigenvalue weighted by Crippen LogP contribution is -2.30. The van der Waals surface area contributed by atoms with Crippen molar-refractivity contribution in [2.24, 2.45) is 7.05 Å². The Bertz CT molecular complexity index is 530. The Morgan fingerprint density at radius 3 is 3.00 bits per heavy atom. The number of nitrogens with zero attached hydrogens (tertiary/aromatic N) is 2. The van der Waals surface area contributed by atoms with Gasteiger partial charge in [0.25, 0.3) is 0 Å². The average molecular weight is 241 g/mol. The summed E-state index contributed by atoms with van der Waals surface area (Å²) in [7, 11) is 2.00. The number of aryl methyl sites for hydroxylation is 1. The smallest absolute Gasteiger partial charge is 0.0492 e. The lowest BCUT2D eigenvalue weighted by Gasteiger charge is -2.30. The molecule has 3 nitrogen and oxygen atoms in total. The van der Waals surface area contributed by atoms with E-state index in [-0.39, 0.29) is 0 Å². The van der Waals surface area contributed by atoms with Gasteiger partial charge < -0.3 is 5.32 Å². The van der Waals surface area contributed by atoms with Gasteiger partial charge in [0.05, 0.1) is 0 Å². The molecule has 1 aromatic carbocycles. The van der Waals surface area contributed by atoms with Crippen LogP contribution in [0, 0.1) is 0 Å². The molecule has 18 heavy (non-hydrogen) atoms. The van der Waals surface area contributed by atoms with E-state index in [0.29, 0.717) is 5.92 Å². The third-order valence-electron chi connectivity index (χ3n) is 3.83. The van der Waals surface area contributed by atoms with Crippen LogP contribution in [0.25, 0.3) is 0 Å². The van der Waals surface area contributed by atoms with Crippen molar-refractivity contribution >= 4 is 0 Å². The van der Waals surface area contributed by atoms with E-state index in [1.54, 1.807) is 0 Å². The van der Waals surface area contributed by atoms with Crippen LogP contribution in [-0.4, -0.2) is 22.9 Å². The van der Waals surface area contributed by atoms with Crippen LogP contribution < -0.4 is 5.32 Å². The molecule has 1 aliphatic rings. The molecular formula is C15H19N3. The highest BCUT2D eigenvalue weighted by molar-refractivity contribution is 5.40. The van der Waals surface area contributed by atoms with Crippen molar-refractivity contribution < 1.29 is 0 Å². The Labute approximate surface area is 108 Å². The summed E-state index contributed by atoms with van der Waals surface area (Å²) in [6, 6.07) is 10.8. The van der Waals surface area contributed by atoms with Crippen molar-refractivity contribution in [3.8, 4) is 0 Å². The number of benzene rings is 1. The van der Waals surface area contributed by atoms with E-state index in [0.717, 1.165) is 19.5 Å². The SMILES string of the molecule is Cn1nccc1CCNCC1Cc2ccccc21. The zero-order chi connectivity index (χ0) is 12.4. The molecule has 1 atom stereocenters. The Balaban J connectivity index is 1.43. The Kier molecular flexibility index (Phi) is 3.15. The van der Waals surface area contributed by atoms with Crippen LogP contribution in [0.4, 0.5) is 0 Å². The summed E-state index contributed by atoms with van der Waals surface area (Å²) in [6.45, 7) is 2.12. The van der Waals surface area contributed by atoms with Gasteiger partial charge in [-0.3, -0.25) is 4.68 Å². The number of hydrogen-bond acceptors (Lipinski definition) is 2. The van der Waals surface area contributed by atoms with E-state index in [1.807, 2.05) is 17.9 Å². The van der Waals surface area contributed by atoms with Gasteiger partial charge in [-0.15, -0.1) is 0 Å². The first-order valence-corrected chi connectivity index (χ1v) is 6.60. The zero-order valence-corrected chi connectivity index (χ0v) is 10.8. The minimum atomic E-state index is 0.715. The highest BCUT2D eigenvalue weighted by Gasteiger charge is 2.24. The maximum atomic E-state index is 4.18. The summed E-state index contributed by atoms with van der Waals surface area (Å²) in [5.74, 6) is 0.715. The third kappa shape index (κ3) is 2.18. The molecule has 0 bridgehead atoms. The van der Waals surface area contributed by atoms with Gasteiger partial charge in [0.2, 0.25) is 0 Å². The summed E-state index contributed by atoms with van der Waals surface area (Å²) in [5.41, 5.74) is 4.35. The van der Waals surface area contributed by atoms with Crippen molar-refractivity contribution in [2.75, 3.05) is 13.1 Å². The molecule has 0 saturated heterocycles. The maximum Gasteiger partial charge on any atom is 0.0492 e. The topological polar surface area (TPSA) is 29.9 Å². The van der Waals surface area contributed by atoms with Crippen molar-refractivity contribution in [3.63, 3.8) is 0 Å². The van der Waals surface area contributed by atoms with E-state index in [1.165, 1.54) is 23.2 Å². The first kappa shape index (κ1) is 11.5. The van der Waals surface area contributed by atoms with Gasteiger partial charge in [-0.1, -0.05) is 24.3 Å². The van der Waals surface area contributed by atoms with Gasteiger partial charge in [-0.2, -0.15) is 5.10 Å². The van der Waals surface area contributed by atoms with Crippen molar-refractivity contribution in [1.29, 1.82) is 0 Å². The molecule has 1 aliphatic carbocycles. The quantitative estimate of drug-likeness (QED) is 0.810. The van der Waals surface area contributed by atoms with Gasteiger partial charge in [-0.05, 0) is 23.6 Å². The van der Waals surface area contributed by atoms with Gasteiger partial charge in [0, 0.05) is 44.4 Å². The van der Waals surface area contributed by atoms with Crippen LogP contribution in [0.15, 0.2) is 36.5 Å². The van der Waals surface area contributed by atoms with Crippen LogP contribution in [0.3, 0.4) is 0 Å². The molecule has 0 fully saturated rings. The second-order valence-electron chi connectivity index (χ2n) is 5.00. The highest BCUT2D eigenvalue weighted by Crippen LogP contribution is 2.33. The van der Waals surface area contributed by atoms with Crippen molar-refractivity contribution in [1.82, 2.24) is 15.1 Å². The molecule has 94 valence electrons. The second-order valence-corrected chi connectivity index (χ2v) is 5.00. The molecule has 0 saturated carbocycles. The number of aromatic nitrogens is 2. The van der Waals surface area contributed by atoms with E-state index in [4.69, 9.17) is 0 Å². The first-order valence-electron chi connectivity index (χ1n) is 6.60. The fourth-order valence-corrected chi connectivity index (χ4v) is 2.68. The van der Waals surface area contributed by atoms with Gasteiger partial charge in [0.1, 0.15) is 0 Å². The summed E-state index contributed by atoms with van der Waals surface area (Å²) in [4.78, 5) is 0. The fraction of sp³-hybridized carbons (Fsp3) is 0.400. The average Bonchev–Trinajstić information content (AvgIpc) is 2.75. The predicted octanol–water partition coefficient (Wildman–Crippen LogP) is 1.89. The van der Waals surface area contributed by atoms with Gasteiger partial charge >= 0.3 is 0 Å². The van der Waals surface area contributed by atoms with Crippen molar-refractivity contribution in [2.45, 2.75) is 18.8 Å². The minimum absolute atomic E-state index is 0.715. The molecule has 0 spiro atoms. The molecule has 1 N–H and O–H groups in total. The molecule has 3 rings (SSSR count). The fourth-order valence-electron chi connectivity index (χ4n) is 2.68. The van der Waals surface area contributed by atoms with E-state index in [9.17, 15) is 0 Å². The van der Waals surface area contributed by atoms with E-state index >= 15 is 0 Å². The van der Waals surface area contributed by atoms with Gasteiger partial charge in [0.15, 0.2) is 0 Å². The molecular weight excluding hydrogens is 222 g/mol. The van der Waals surface area contributed by atoms with Crippen LogP contribution in [0.2, 0.25) is 0 Å². The van der Waals surface area contributed by atoms with E-state index < -0.39 is 0 Å². The molecule has 0 amide bonds. The summed E-state index contributed by atoms with van der Waals surface area (Å²) in [5, 5.41) is 7.73. The lowest BCUT2D eigenvalue weighted by atomic mass is 9.77. The van der Waals surface area contributed by atoms with Crippen LogP contribution in [0.1, 0.15) is 22.7 Å². The highest BCUT2D eigenvalue weighted by atomic mass is 15.3. The molecule has 3 heteroatoms. The Morgan fingerprint density at radius 2 is 2.22 bits per heavy atom. The molecule has 0 radical (unpaired) electrons. The zero-order valence-electron chi connectivity index (χ0n) is 10.8. The van der Waals surface area contributed by atoms with E-state index in [2.05, 4.69) is 40.7 Å². The number of fused-ring (bicyclic) bond motifs is 1. The number of nitrogens with one attached hydrogen (secondary N) is 1. The summed E-state index contributed by atoms with van der Waals surface area (Å²) < 4.78 is 1.94. The summed E-state index contributed by atoms with van der Waals surface area (Å²) >= 11 is 0. The largest absolute Gasteiger partial charge is 0.316 e. The molecule has 0 aliphatic heterocycles. The second kappa shape index (κ2) is 4.94. The Hall–Kier alpha value is -1.61. The first-order chi connectivity index (χ1) is 8.84. The maximum absolute atomic E-state index is 4.18. The third-order valence-corrected chi connectivity index (χ3v) is 3.83. The minimum Gasteiger partial charge on any atom is -0.316 e. The molecule has 1 heterocycles. The predicted molar refractivity (Wildman–Crippen MR) is 72.7 cm³/mol. The van der Waals surface area contributed by atoms with Crippen LogP contribution in [-0.2, 0) is 19.9 Å². The standard InChI is InChI=1S/C15H19N3/c1-18-14(7-9-17-18)6-8-16-11-13-10-12-4-2-3-5-15(12)13/h2-5,7,9,13,16H,6,8,10-11H2,1H3. The molecule has 1 aromatic heterocycles. The van der Waals surface area contributed by atoms with Crippen LogP contribution >= 0.6 is 0 Å². The number of rotatable bonds is 5. The Morgan fingerprint density at radius 1 is 1.33 bits per heavy atom. The monoisotopic (exact) mass is 241 g/mol.